The van der Waals surface area contributed by atoms with Crippen LogP contribution in [-0.4, -0.2) is 24.0 Å². The Labute approximate surface area is 191 Å². The lowest BCUT2D eigenvalue weighted by Gasteiger charge is -2.17. The van der Waals surface area contributed by atoms with Crippen LogP contribution >= 0.6 is 11.8 Å². The molecule has 0 bridgehead atoms. The average Bonchev–Trinajstić information content (AvgIpc) is 3.52. The van der Waals surface area contributed by atoms with Crippen LogP contribution in [0.2, 0.25) is 0 Å². The number of carbonyl (C=O) groups is 1. The van der Waals surface area contributed by atoms with Gasteiger partial charge in [0.1, 0.15) is 5.52 Å². The van der Waals surface area contributed by atoms with Crippen molar-refractivity contribution in [1.29, 1.82) is 0 Å². The number of oxazole rings is 1. The van der Waals surface area contributed by atoms with Gasteiger partial charge in [0.15, 0.2) is 5.58 Å². The van der Waals surface area contributed by atoms with E-state index in [4.69, 9.17) is 4.42 Å². The summed E-state index contributed by atoms with van der Waals surface area (Å²) in [7, 11) is 0. The number of benzene rings is 3. The Morgan fingerprint density at radius 3 is 2.53 bits per heavy atom. The molecule has 1 N–H and O–H groups in total. The van der Waals surface area contributed by atoms with E-state index < -0.39 is 0 Å². The Morgan fingerprint density at radius 2 is 1.72 bits per heavy atom. The minimum Gasteiger partial charge on any atom is -0.431 e. The maximum absolute atomic E-state index is 12.9. The molecular weight excluding hydrogens is 418 g/mol. The molecule has 0 spiro atoms. The third-order valence-electron chi connectivity index (χ3n) is 5.75. The van der Waals surface area contributed by atoms with Crippen molar-refractivity contribution in [2.75, 3.05) is 18.0 Å². The molecule has 0 aliphatic carbocycles. The zero-order valence-electron chi connectivity index (χ0n) is 17.8. The number of amides is 1. The molecule has 1 aliphatic heterocycles. The highest BCUT2D eigenvalue weighted by Gasteiger charge is 2.14. The second kappa shape index (κ2) is 9.49. The summed E-state index contributed by atoms with van der Waals surface area (Å²) in [4.78, 5) is 19.8. The first kappa shape index (κ1) is 20.6. The molecule has 5 rings (SSSR count). The standard InChI is InChI=1S/C26H25N3O2S/c30-25(27-17-19-11-13-21(14-12-19)29-15-5-6-16-29)22-8-2-1-7-20(22)18-32-26-28-23-9-3-4-10-24(23)31-26/h1-4,7-14H,5-6,15-18H2,(H,27,30). The molecule has 0 radical (unpaired) electrons. The van der Waals surface area contributed by atoms with Gasteiger partial charge in [-0.2, -0.15) is 0 Å². The number of para-hydroxylation sites is 2. The predicted molar refractivity (Wildman–Crippen MR) is 129 cm³/mol. The van der Waals surface area contributed by atoms with E-state index in [-0.39, 0.29) is 5.91 Å². The highest BCUT2D eigenvalue weighted by molar-refractivity contribution is 7.98. The number of fused-ring (bicyclic) bond motifs is 1. The zero-order valence-corrected chi connectivity index (χ0v) is 18.6. The fourth-order valence-electron chi connectivity index (χ4n) is 4.00. The summed E-state index contributed by atoms with van der Waals surface area (Å²) in [5.74, 6) is 0.545. The number of rotatable bonds is 7. The highest BCUT2D eigenvalue weighted by Crippen LogP contribution is 2.27. The van der Waals surface area contributed by atoms with E-state index in [1.54, 1.807) is 0 Å². The van der Waals surface area contributed by atoms with Crippen molar-refractivity contribution >= 4 is 34.5 Å². The summed E-state index contributed by atoms with van der Waals surface area (Å²) in [6.07, 6.45) is 2.53. The number of carbonyl (C=O) groups excluding carboxylic acids is 1. The van der Waals surface area contributed by atoms with Crippen molar-refractivity contribution in [3.05, 3.63) is 89.5 Å². The fourth-order valence-corrected chi connectivity index (χ4v) is 4.84. The maximum atomic E-state index is 12.9. The molecule has 32 heavy (non-hydrogen) atoms. The van der Waals surface area contributed by atoms with E-state index in [9.17, 15) is 4.79 Å². The number of nitrogens with one attached hydrogen (secondary N) is 1. The molecule has 2 heterocycles. The average molecular weight is 444 g/mol. The molecule has 1 saturated heterocycles. The number of hydrogen-bond donors (Lipinski definition) is 1. The van der Waals surface area contributed by atoms with Gasteiger partial charge in [-0.05, 0) is 54.3 Å². The van der Waals surface area contributed by atoms with E-state index in [0.29, 0.717) is 23.1 Å². The lowest BCUT2D eigenvalue weighted by Crippen LogP contribution is -2.24. The molecule has 162 valence electrons. The molecule has 1 amide bonds. The summed E-state index contributed by atoms with van der Waals surface area (Å²) in [6, 6.07) is 23.9. The minimum absolute atomic E-state index is 0.0672. The van der Waals surface area contributed by atoms with E-state index in [0.717, 1.165) is 35.3 Å². The molecule has 4 aromatic rings. The van der Waals surface area contributed by atoms with E-state index >= 15 is 0 Å². The van der Waals surface area contributed by atoms with Crippen molar-refractivity contribution in [3.8, 4) is 0 Å². The highest BCUT2D eigenvalue weighted by atomic mass is 32.2. The molecular formula is C26H25N3O2S. The van der Waals surface area contributed by atoms with Gasteiger partial charge in [0.2, 0.25) is 0 Å². The molecule has 0 saturated carbocycles. The van der Waals surface area contributed by atoms with Crippen LogP contribution in [0.1, 0.15) is 34.3 Å². The lowest BCUT2D eigenvalue weighted by atomic mass is 10.1. The number of hydrogen-bond acceptors (Lipinski definition) is 5. The van der Waals surface area contributed by atoms with Gasteiger partial charge in [0.25, 0.3) is 11.1 Å². The van der Waals surface area contributed by atoms with Crippen molar-refractivity contribution in [1.82, 2.24) is 10.3 Å². The first-order valence-corrected chi connectivity index (χ1v) is 11.9. The Balaban J connectivity index is 1.21. The smallest absolute Gasteiger partial charge is 0.257 e. The van der Waals surface area contributed by atoms with Gasteiger partial charge in [-0.15, -0.1) is 0 Å². The normalized spacial score (nSPS) is 13.6. The fraction of sp³-hybridized carbons (Fsp3) is 0.231. The third kappa shape index (κ3) is 4.65. The molecule has 0 atom stereocenters. The Bertz CT molecular complexity index is 1180. The van der Waals surface area contributed by atoms with Gasteiger partial charge in [-0.25, -0.2) is 4.98 Å². The Kier molecular flexibility index (Phi) is 6.12. The van der Waals surface area contributed by atoms with Crippen molar-refractivity contribution in [3.63, 3.8) is 0 Å². The van der Waals surface area contributed by atoms with Gasteiger partial charge in [0, 0.05) is 36.6 Å². The van der Waals surface area contributed by atoms with Crippen LogP contribution in [0.15, 0.2) is 82.4 Å². The first-order chi connectivity index (χ1) is 15.8. The largest absolute Gasteiger partial charge is 0.431 e. The molecule has 1 fully saturated rings. The Morgan fingerprint density at radius 1 is 0.969 bits per heavy atom. The van der Waals surface area contributed by atoms with Crippen molar-refractivity contribution < 1.29 is 9.21 Å². The SMILES string of the molecule is O=C(NCc1ccc(N2CCCC2)cc1)c1ccccc1CSc1nc2ccccc2o1. The monoisotopic (exact) mass is 443 g/mol. The zero-order chi connectivity index (χ0) is 21.8. The second-order valence-corrected chi connectivity index (χ2v) is 8.86. The molecule has 0 unspecified atom stereocenters. The van der Waals surface area contributed by atoms with Gasteiger partial charge in [0.05, 0.1) is 0 Å². The van der Waals surface area contributed by atoms with Crippen molar-refractivity contribution in [2.45, 2.75) is 30.4 Å². The third-order valence-corrected chi connectivity index (χ3v) is 6.62. The molecule has 1 aliphatic rings. The number of nitrogens with zero attached hydrogens (tertiary/aromatic N) is 2. The first-order valence-electron chi connectivity index (χ1n) is 10.9. The van der Waals surface area contributed by atoms with E-state index in [2.05, 4.69) is 39.5 Å². The van der Waals surface area contributed by atoms with Crippen LogP contribution in [-0.2, 0) is 12.3 Å². The summed E-state index contributed by atoms with van der Waals surface area (Å²) in [5, 5.41) is 3.67. The predicted octanol–water partition coefficient (Wildman–Crippen LogP) is 5.65. The van der Waals surface area contributed by atoms with Gasteiger partial charge in [-0.1, -0.05) is 54.2 Å². The molecule has 6 heteroatoms. The summed E-state index contributed by atoms with van der Waals surface area (Å²) in [6.45, 7) is 2.77. The lowest BCUT2D eigenvalue weighted by molar-refractivity contribution is 0.0950. The van der Waals surface area contributed by atoms with E-state index in [1.165, 1.54) is 30.3 Å². The van der Waals surface area contributed by atoms with Gasteiger partial charge in [-0.3, -0.25) is 4.79 Å². The van der Waals surface area contributed by atoms with Crippen LogP contribution in [0.4, 0.5) is 5.69 Å². The molecule has 5 nitrogen and oxygen atoms in total. The van der Waals surface area contributed by atoms with Gasteiger partial charge < -0.3 is 14.6 Å². The topological polar surface area (TPSA) is 58.4 Å². The summed E-state index contributed by atoms with van der Waals surface area (Å²) >= 11 is 1.50. The number of aromatic nitrogens is 1. The van der Waals surface area contributed by atoms with Crippen LogP contribution in [0.5, 0.6) is 0 Å². The second-order valence-electron chi connectivity index (χ2n) is 7.94. The van der Waals surface area contributed by atoms with Crippen LogP contribution in [0.25, 0.3) is 11.1 Å². The van der Waals surface area contributed by atoms with Crippen LogP contribution in [0.3, 0.4) is 0 Å². The molecule has 1 aromatic heterocycles. The van der Waals surface area contributed by atoms with E-state index in [1.807, 2.05) is 48.5 Å². The number of anilines is 1. The van der Waals surface area contributed by atoms with Crippen LogP contribution in [0, 0.1) is 0 Å². The minimum atomic E-state index is -0.0672. The van der Waals surface area contributed by atoms with Crippen LogP contribution < -0.4 is 10.2 Å². The quantitative estimate of drug-likeness (QED) is 0.374. The van der Waals surface area contributed by atoms with Gasteiger partial charge >= 0.3 is 0 Å². The summed E-state index contributed by atoms with van der Waals surface area (Å²) < 4.78 is 5.79. The Hall–Kier alpha value is -3.25. The van der Waals surface area contributed by atoms with Crippen molar-refractivity contribution in [2.24, 2.45) is 0 Å². The molecule has 3 aromatic carbocycles. The maximum Gasteiger partial charge on any atom is 0.257 e. The number of thioether (sulfide) groups is 1. The summed E-state index contributed by atoms with van der Waals surface area (Å²) in [5.41, 5.74) is 5.62.